The van der Waals surface area contributed by atoms with E-state index in [0.29, 0.717) is 0 Å². The van der Waals surface area contributed by atoms with E-state index >= 15 is 0 Å². The van der Waals surface area contributed by atoms with E-state index in [1.165, 1.54) is 12.5 Å². The van der Waals surface area contributed by atoms with Crippen molar-refractivity contribution in [2.24, 2.45) is 11.8 Å². The first-order chi connectivity index (χ1) is 31.1. The zero-order valence-corrected chi connectivity index (χ0v) is 43.4. The van der Waals surface area contributed by atoms with Crippen LogP contribution in [-0.4, -0.2) is 123 Å². The quantitative estimate of drug-likeness (QED) is 0.0453. The van der Waals surface area contributed by atoms with Crippen LogP contribution in [0.3, 0.4) is 0 Å². The van der Waals surface area contributed by atoms with Crippen LogP contribution in [0.2, 0.25) is 22.2 Å². The number of aliphatic hydroxyl groups is 1. The van der Waals surface area contributed by atoms with Gasteiger partial charge < -0.3 is 46.4 Å². The lowest BCUT2D eigenvalue weighted by Crippen LogP contribution is -2.62. The molecule has 4 heterocycles. The fourth-order valence-electron chi connectivity index (χ4n) is 7.95. The number of hydrogen-bond acceptors (Lipinski definition) is 20. The first-order valence-electron chi connectivity index (χ1n) is 21.9. The number of fused-ring (bicyclic) bond motifs is 1. The number of hydrogen-bond donors (Lipinski definition) is 5. The second kappa shape index (κ2) is 23.1. The average Bonchev–Trinajstić information content (AvgIpc) is 3.94. The van der Waals surface area contributed by atoms with Gasteiger partial charge >= 0.3 is 32.1 Å². The molecule has 1 saturated heterocycles. The summed E-state index contributed by atoms with van der Waals surface area (Å²) in [4.78, 5) is 63.2. The lowest BCUT2D eigenvalue weighted by molar-refractivity contribution is -0.118. The molecule has 1 aliphatic heterocycles. The van der Waals surface area contributed by atoms with Crippen molar-refractivity contribution >= 4 is 66.9 Å². The van der Waals surface area contributed by atoms with Crippen molar-refractivity contribution in [1.29, 1.82) is 5.26 Å². The van der Waals surface area contributed by atoms with E-state index in [1.54, 1.807) is 19.9 Å². The molecule has 1 saturated carbocycles. The molecule has 3 aromatic heterocycles. The van der Waals surface area contributed by atoms with Crippen LogP contribution in [0.15, 0.2) is 23.4 Å². The maximum atomic E-state index is 13.4. The maximum absolute atomic E-state index is 13.4. The Morgan fingerprint density at radius 3 is 2.38 bits per heavy atom. The molecule has 23 nitrogen and oxygen atoms in total. The van der Waals surface area contributed by atoms with E-state index in [-0.39, 0.29) is 77.6 Å². The predicted octanol–water partition coefficient (Wildman–Crippen LogP) is 4.89. The van der Waals surface area contributed by atoms with Gasteiger partial charge in [0.05, 0.1) is 38.4 Å². The fourth-order valence-corrected chi connectivity index (χ4v) is 20.5. The first kappa shape index (κ1) is 54.0. The van der Waals surface area contributed by atoms with Crippen LogP contribution in [0, 0.1) is 23.2 Å². The van der Waals surface area contributed by atoms with Crippen molar-refractivity contribution < 1.29 is 60.3 Å². The number of H-pyrrole nitrogens is 1. The predicted molar refractivity (Wildman–Crippen MR) is 247 cm³/mol. The van der Waals surface area contributed by atoms with E-state index in [4.69, 9.17) is 47.9 Å². The Kier molecular flexibility index (Phi) is 18.9. The van der Waals surface area contributed by atoms with Gasteiger partial charge in [0, 0.05) is 30.5 Å². The van der Waals surface area contributed by atoms with Crippen molar-refractivity contribution in [2.45, 2.75) is 147 Å². The van der Waals surface area contributed by atoms with Crippen LogP contribution in [0.4, 0.5) is 5.95 Å². The lowest BCUT2D eigenvalue weighted by Gasteiger charge is -2.47. The number of nitrogens with one attached hydrogen (secondary N) is 2. The molecule has 5 rings (SSSR count). The zero-order chi connectivity index (χ0) is 48.7. The summed E-state index contributed by atoms with van der Waals surface area (Å²) in [5.41, 5.74) is -2.18. The summed E-state index contributed by atoms with van der Waals surface area (Å²) in [5.74, 6) is -1.39. The van der Waals surface area contributed by atoms with Crippen LogP contribution < -0.4 is 15.6 Å². The van der Waals surface area contributed by atoms with Crippen LogP contribution in [0.25, 0.3) is 11.2 Å². The van der Waals surface area contributed by atoms with Gasteiger partial charge in [-0.1, -0.05) is 74.5 Å². The Morgan fingerprint density at radius 1 is 1.11 bits per heavy atom. The van der Waals surface area contributed by atoms with E-state index in [2.05, 4.69) is 35.6 Å². The summed E-state index contributed by atoms with van der Waals surface area (Å²) in [6.45, 7) is 13.5. The monoisotopic (exact) mass is 1020 g/mol. The smallest absolute Gasteiger partial charge is 0.335 e. The van der Waals surface area contributed by atoms with E-state index in [1.807, 2.05) is 61.5 Å². The molecular formula is C38H63N9O14P2SSi2. The van der Waals surface area contributed by atoms with Crippen LogP contribution in [0.1, 0.15) is 94.7 Å². The number of anilines is 1. The second-order valence-corrected chi connectivity index (χ2v) is 30.1. The summed E-state index contributed by atoms with van der Waals surface area (Å²) < 4.78 is 65.0. The third-order valence-electron chi connectivity index (χ3n) is 11.6. The van der Waals surface area contributed by atoms with Gasteiger partial charge in [0.2, 0.25) is 17.7 Å². The molecule has 1 aliphatic carbocycles. The summed E-state index contributed by atoms with van der Waals surface area (Å²) in [7, 11) is -10.6. The number of nitriles is 1. The van der Waals surface area contributed by atoms with Gasteiger partial charge in [0.15, 0.2) is 17.4 Å². The number of aliphatic hydroxyl groups excluding tert-OH is 1. The number of carbonyl (C=O) groups is 1. The van der Waals surface area contributed by atoms with Crippen LogP contribution >= 0.6 is 15.0 Å². The van der Waals surface area contributed by atoms with Gasteiger partial charge in [0.1, 0.15) is 30.7 Å². The summed E-state index contributed by atoms with van der Waals surface area (Å²) in [6.07, 6.45) is -3.44. The third kappa shape index (κ3) is 12.6. The molecular weight excluding hydrogens is 957 g/mol. The summed E-state index contributed by atoms with van der Waals surface area (Å²) in [5, 5.41) is 31.5. The molecule has 2 aliphatic rings. The molecule has 1 unspecified atom stereocenters. The lowest BCUT2D eigenvalue weighted by atomic mass is 10.1. The molecule has 3 aromatic rings. The highest BCUT2D eigenvalue weighted by atomic mass is 32.5. The Balaban J connectivity index is 1.62. The molecule has 0 aromatic carbocycles. The van der Waals surface area contributed by atoms with Crippen molar-refractivity contribution in [3.8, 4) is 11.9 Å². The molecule has 9 atom stereocenters. The van der Waals surface area contributed by atoms with Gasteiger partial charge in [-0.05, 0) is 40.4 Å². The average molecular weight is 1020 g/mol. The van der Waals surface area contributed by atoms with E-state index in [9.17, 15) is 34.2 Å². The molecule has 5 N–H and O–H groups in total. The first-order valence-corrected chi connectivity index (χ1v) is 29.7. The van der Waals surface area contributed by atoms with Gasteiger partial charge in [0.25, 0.3) is 5.56 Å². The van der Waals surface area contributed by atoms with E-state index in [0.717, 1.165) is 4.68 Å². The van der Waals surface area contributed by atoms with Crippen molar-refractivity contribution in [1.82, 2.24) is 34.9 Å². The molecule has 368 valence electrons. The molecule has 0 spiro atoms. The number of rotatable bonds is 24. The molecule has 0 bridgehead atoms. The largest absolute Gasteiger partial charge is 0.474 e. The van der Waals surface area contributed by atoms with E-state index < -0.39 is 98.8 Å². The molecule has 66 heavy (non-hydrogen) atoms. The highest BCUT2D eigenvalue weighted by molar-refractivity contribution is 8.07. The topological polar surface area (TPSA) is 307 Å². The van der Waals surface area contributed by atoms with Gasteiger partial charge in [-0.2, -0.15) is 14.9 Å². The number of amides is 1. The van der Waals surface area contributed by atoms with Crippen LogP contribution in [0.5, 0.6) is 5.88 Å². The SMILES string of the molecule is CC(C)C(=O)Nc1nc2c(nnn2[C@@H]2O[C@H](CO)[C@@H](O[Si](O[Si](O)(C(C)C)C(C)C)(C(C)C)C(C)C)[C@H]2O[P@@](=S)(OCCC#N)OC[C@H]2C[C@@H](Oc3ccncn3)C[C@@H]2O[PH](=O)O)c(=O)[nH]1. The summed E-state index contributed by atoms with van der Waals surface area (Å²) in [6, 6.07) is 3.59. The number of nitrogens with zero attached hydrogens (tertiary/aromatic N) is 7. The third-order valence-corrected chi connectivity index (χ3v) is 24.2. The number of aromatic nitrogens is 7. The van der Waals surface area contributed by atoms with Crippen molar-refractivity contribution in [3.63, 3.8) is 0 Å². The molecule has 0 radical (unpaired) electrons. The minimum absolute atomic E-state index is 0.116. The minimum atomic E-state index is -4.09. The highest BCUT2D eigenvalue weighted by Gasteiger charge is 2.60. The molecule has 28 heteroatoms. The van der Waals surface area contributed by atoms with Gasteiger partial charge in [-0.25, -0.2) is 9.97 Å². The zero-order valence-electron chi connectivity index (χ0n) is 38.7. The van der Waals surface area contributed by atoms with Gasteiger partial charge in [-0.3, -0.25) is 29.0 Å². The maximum Gasteiger partial charge on any atom is 0.335 e. The van der Waals surface area contributed by atoms with Crippen LogP contribution in [-0.2, 0) is 52.5 Å². The number of aromatic amines is 1. The number of ether oxygens (including phenoxy) is 2. The number of carbonyl (C=O) groups excluding carboxylic acids is 1. The summed E-state index contributed by atoms with van der Waals surface area (Å²) >= 11 is 6.12. The normalized spacial score (nSPS) is 24.2. The van der Waals surface area contributed by atoms with Crippen molar-refractivity contribution in [3.05, 3.63) is 28.9 Å². The Morgan fingerprint density at radius 2 is 1.80 bits per heavy atom. The highest BCUT2D eigenvalue weighted by Crippen LogP contribution is 2.56. The standard InChI is InChI=1S/C38H63N9O14P2SSi2/c1-21(2)35(49)43-38-42-34-31(36(50)44-38)45-46-47(34)37-33(32(29(18-48)57-37)60-66(24(7)8,25(9)10)61-65(53,22(3)4)23(5)6)59-63(64,54-15-11-13-39)55-19-26-16-27(17-28(26)58-62(51)52)56-30-12-14-40-20-41-30/h12,14,20-29,32-33,37,48,53,62H,11,15-19H2,1-10H3,(H,51,52)(H2,42,43,44,49,50)/t26-,27-,28+,29-,32-,33-,37-,63-/m1/s1. The fraction of sp³-hybridized carbons (Fsp3) is 0.737. The Labute approximate surface area is 391 Å². The molecule has 1 amide bonds. The van der Waals surface area contributed by atoms with Gasteiger partial charge in [-0.15, -0.1) is 5.10 Å². The Bertz CT molecular complexity index is 2260. The van der Waals surface area contributed by atoms with Crippen molar-refractivity contribution in [2.75, 3.05) is 25.1 Å². The second-order valence-electron chi connectivity index (χ2n) is 17.8. The minimum Gasteiger partial charge on any atom is -0.474 e. The Hall–Kier alpha value is -2.97. The molecule has 2 fully saturated rings.